The van der Waals surface area contributed by atoms with Crippen LogP contribution in [0.4, 0.5) is 8.78 Å². The molecule has 0 aliphatic heterocycles. The predicted molar refractivity (Wildman–Crippen MR) is 99.9 cm³/mol. The zero-order chi connectivity index (χ0) is 19.8. The van der Waals surface area contributed by atoms with E-state index in [2.05, 4.69) is 15.2 Å². The predicted octanol–water partition coefficient (Wildman–Crippen LogP) is 2.45. The van der Waals surface area contributed by atoms with Gasteiger partial charge in [-0.1, -0.05) is 17.8 Å². The van der Waals surface area contributed by atoms with Gasteiger partial charge >= 0.3 is 0 Å². The fraction of sp³-hybridized carbons (Fsp3) is 0.111. The third-order valence-corrected chi connectivity index (χ3v) is 5.16. The monoisotopic (exact) mass is 401 g/mol. The summed E-state index contributed by atoms with van der Waals surface area (Å²) in [7, 11) is 0. The Labute approximate surface area is 160 Å². The SMILES string of the molecule is Cc1cc(F)ccc1CSc1nn2nccc2c(=O)n1-c1c[nH]c(=O)c(F)c1. The lowest BCUT2D eigenvalue weighted by Gasteiger charge is -2.12. The van der Waals surface area contributed by atoms with Gasteiger partial charge in [-0.15, -0.1) is 9.73 Å². The summed E-state index contributed by atoms with van der Waals surface area (Å²) in [6.07, 6.45) is 2.68. The summed E-state index contributed by atoms with van der Waals surface area (Å²) in [5.41, 5.74) is 0.617. The Balaban J connectivity index is 1.83. The third kappa shape index (κ3) is 3.22. The molecule has 0 aliphatic rings. The molecule has 4 aromatic rings. The Bertz CT molecular complexity index is 1310. The van der Waals surface area contributed by atoms with Crippen molar-refractivity contribution >= 4 is 17.3 Å². The van der Waals surface area contributed by atoms with Crippen LogP contribution >= 0.6 is 11.8 Å². The van der Waals surface area contributed by atoms with Gasteiger partial charge in [0.05, 0.1) is 11.9 Å². The standard InChI is InChI=1S/C18H13F2N5O2S/c1-10-6-12(19)3-2-11(10)9-28-18-23-25-15(4-5-22-25)17(27)24(18)13-7-14(20)16(26)21-8-13/h2-8H,9H2,1H3,(H,21,26). The van der Waals surface area contributed by atoms with Crippen molar-refractivity contribution in [1.82, 2.24) is 24.4 Å². The summed E-state index contributed by atoms with van der Waals surface area (Å²) in [4.78, 5) is 26.5. The molecule has 0 aliphatic carbocycles. The average Bonchev–Trinajstić information content (AvgIpc) is 3.12. The van der Waals surface area contributed by atoms with Gasteiger partial charge in [0, 0.05) is 18.0 Å². The van der Waals surface area contributed by atoms with Crippen molar-refractivity contribution in [2.45, 2.75) is 17.8 Å². The number of aromatic nitrogens is 5. The van der Waals surface area contributed by atoms with E-state index in [4.69, 9.17) is 0 Å². The Kier molecular flexibility index (Phi) is 4.55. The van der Waals surface area contributed by atoms with Gasteiger partial charge in [-0.2, -0.15) is 5.10 Å². The molecular weight excluding hydrogens is 388 g/mol. The molecule has 142 valence electrons. The van der Waals surface area contributed by atoms with Crippen molar-refractivity contribution in [1.29, 1.82) is 0 Å². The highest BCUT2D eigenvalue weighted by Crippen LogP contribution is 2.24. The highest BCUT2D eigenvalue weighted by molar-refractivity contribution is 7.98. The van der Waals surface area contributed by atoms with E-state index < -0.39 is 16.9 Å². The number of benzene rings is 1. The van der Waals surface area contributed by atoms with Crippen LogP contribution in [0, 0.1) is 18.6 Å². The van der Waals surface area contributed by atoms with Crippen molar-refractivity contribution in [2.75, 3.05) is 0 Å². The van der Waals surface area contributed by atoms with Crippen molar-refractivity contribution in [3.05, 3.63) is 86.2 Å². The van der Waals surface area contributed by atoms with E-state index in [0.29, 0.717) is 5.75 Å². The van der Waals surface area contributed by atoms with Gasteiger partial charge < -0.3 is 4.98 Å². The number of nitrogens with one attached hydrogen (secondary N) is 1. The highest BCUT2D eigenvalue weighted by atomic mass is 32.2. The van der Waals surface area contributed by atoms with Crippen LogP contribution in [-0.4, -0.2) is 24.4 Å². The second-order valence-electron chi connectivity index (χ2n) is 6.02. The number of H-pyrrole nitrogens is 1. The van der Waals surface area contributed by atoms with Gasteiger partial charge in [-0.25, -0.2) is 8.78 Å². The minimum Gasteiger partial charge on any atom is -0.324 e. The number of fused-ring (bicyclic) bond motifs is 1. The lowest BCUT2D eigenvalue weighted by molar-refractivity contribution is 0.601. The smallest absolute Gasteiger partial charge is 0.285 e. The number of hydrogen-bond acceptors (Lipinski definition) is 5. The Hall–Kier alpha value is -3.27. The maximum Gasteiger partial charge on any atom is 0.285 e. The van der Waals surface area contributed by atoms with Gasteiger partial charge in [0.2, 0.25) is 0 Å². The molecule has 4 rings (SSSR count). The fourth-order valence-corrected chi connectivity index (χ4v) is 3.78. The highest BCUT2D eigenvalue weighted by Gasteiger charge is 2.16. The van der Waals surface area contributed by atoms with Crippen molar-refractivity contribution in [3.8, 4) is 5.69 Å². The number of thioether (sulfide) groups is 1. The number of rotatable bonds is 4. The zero-order valence-electron chi connectivity index (χ0n) is 14.5. The molecule has 0 saturated carbocycles. The van der Waals surface area contributed by atoms with E-state index >= 15 is 0 Å². The van der Waals surface area contributed by atoms with Gasteiger partial charge in [-0.05, 0) is 36.2 Å². The molecule has 0 atom stereocenters. The summed E-state index contributed by atoms with van der Waals surface area (Å²) in [5.74, 6) is -0.942. The summed E-state index contributed by atoms with van der Waals surface area (Å²) < 4.78 is 29.5. The molecule has 0 radical (unpaired) electrons. The van der Waals surface area contributed by atoms with Gasteiger partial charge in [0.15, 0.2) is 16.5 Å². The zero-order valence-corrected chi connectivity index (χ0v) is 15.3. The van der Waals surface area contributed by atoms with Crippen LogP contribution in [0.2, 0.25) is 0 Å². The first kappa shape index (κ1) is 18.1. The van der Waals surface area contributed by atoms with E-state index in [-0.39, 0.29) is 22.2 Å². The second kappa shape index (κ2) is 7.04. The summed E-state index contributed by atoms with van der Waals surface area (Å²) in [6.45, 7) is 1.79. The van der Waals surface area contributed by atoms with Crippen LogP contribution in [0.15, 0.2) is 57.5 Å². The normalized spacial score (nSPS) is 11.2. The molecule has 3 aromatic heterocycles. The topological polar surface area (TPSA) is 85.1 Å². The van der Waals surface area contributed by atoms with E-state index in [1.165, 1.54) is 51.6 Å². The maximum atomic E-state index is 13.8. The quantitative estimate of drug-likeness (QED) is 0.531. The molecule has 0 amide bonds. The van der Waals surface area contributed by atoms with Crippen molar-refractivity contribution < 1.29 is 8.78 Å². The van der Waals surface area contributed by atoms with E-state index in [0.717, 1.165) is 17.2 Å². The molecule has 0 unspecified atom stereocenters. The van der Waals surface area contributed by atoms with Crippen LogP contribution in [0.1, 0.15) is 11.1 Å². The summed E-state index contributed by atoms with van der Waals surface area (Å²) in [6, 6.07) is 6.91. The number of hydrogen-bond donors (Lipinski definition) is 1. The fourth-order valence-electron chi connectivity index (χ4n) is 2.72. The van der Waals surface area contributed by atoms with Crippen LogP contribution in [-0.2, 0) is 5.75 Å². The minimum atomic E-state index is -1.01. The number of aromatic amines is 1. The van der Waals surface area contributed by atoms with Gasteiger partial charge in [-0.3, -0.25) is 14.2 Å². The molecular formula is C18H13F2N5O2S. The van der Waals surface area contributed by atoms with Crippen LogP contribution in [0.3, 0.4) is 0 Å². The number of nitrogens with zero attached hydrogens (tertiary/aromatic N) is 4. The molecule has 0 fully saturated rings. The average molecular weight is 401 g/mol. The first-order valence-electron chi connectivity index (χ1n) is 8.17. The molecule has 7 nitrogen and oxygen atoms in total. The summed E-state index contributed by atoms with van der Waals surface area (Å²) >= 11 is 1.21. The van der Waals surface area contributed by atoms with E-state index in [1.807, 2.05) is 0 Å². The number of aryl methyl sites for hydroxylation is 1. The third-order valence-electron chi connectivity index (χ3n) is 4.18. The first-order chi connectivity index (χ1) is 13.4. The Morgan fingerprint density at radius 3 is 2.75 bits per heavy atom. The first-order valence-corrected chi connectivity index (χ1v) is 9.16. The molecule has 10 heteroatoms. The molecule has 0 saturated heterocycles. The lowest BCUT2D eigenvalue weighted by atomic mass is 10.1. The minimum absolute atomic E-state index is 0.136. The van der Waals surface area contributed by atoms with Crippen molar-refractivity contribution in [3.63, 3.8) is 0 Å². The van der Waals surface area contributed by atoms with E-state index in [1.54, 1.807) is 13.0 Å². The number of pyridine rings is 1. The van der Waals surface area contributed by atoms with Gasteiger partial charge in [0.25, 0.3) is 11.1 Å². The summed E-state index contributed by atoms with van der Waals surface area (Å²) in [5, 5.41) is 8.56. The molecule has 3 heterocycles. The Morgan fingerprint density at radius 2 is 2.00 bits per heavy atom. The van der Waals surface area contributed by atoms with Crippen LogP contribution in [0.5, 0.6) is 0 Å². The largest absolute Gasteiger partial charge is 0.324 e. The van der Waals surface area contributed by atoms with E-state index in [9.17, 15) is 18.4 Å². The number of halogens is 2. The molecule has 1 N–H and O–H groups in total. The molecule has 1 aromatic carbocycles. The molecule has 0 spiro atoms. The molecule has 0 bridgehead atoms. The maximum absolute atomic E-state index is 13.8. The Morgan fingerprint density at radius 1 is 1.18 bits per heavy atom. The van der Waals surface area contributed by atoms with Crippen LogP contribution < -0.4 is 11.1 Å². The molecule has 28 heavy (non-hydrogen) atoms. The van der Waals surface area contributed by atoms with Gasteiger partial charge in [0.1, 0.15) is 5.82 Å². The van der Waals surface area contributed by atoms with Crippen LogP contribution in [0.25, 0.3) is 11.2 Å². The second-order valence-corrected chi connectivity index (χ2v) is 6.97. The lowest BCUT2D eigenvalue weighted by Crippen LogP contribution is -2.25. The van der Waals surface area contributed by atoms with Crippen molar-refractivity contribution in [2.24, 2.45) is 0 Å².